The van der Waals surface area contributed by atoms with Crippen molar-refractivity contribution in [1.82, 2.24) is 0 Å². The number of aliphatic hydroxyl groups is 2. The number of rotatable bonds is 8. The van der Waals surface area contributed by atoms with Crippen molar-refractivity contribution in [2.75, 3.05) is 0 Å². The topological polar surface area (TPSA) is 89.8 Å². The van der Waals surface area contributed by atoms with E-state index in [1.165, 1.54) is 0 Å². The summed E-state index contributed by atoms with van der Waals surface area (Å²) < 4.78 is 6.19. The monoisotopic (exact) mass is 420 g/mol. The standard InChI is InChI=1S/C24H30O5.Na/c1-3-4-7-15(2)19(25)13-12-17-20(26)14-21-23(17)18-10-5-8-16(24(18)29-21)9-6-11-22(27)28;/h5,8,10,12-13,15,17,19-21,23,25-26H,6-7,9,11,14H2,1-2H3,(H,27,28);/q;+1/p-1/t15?,17-,19+,20+,21-,23-;/m0./s1. The van der Waals surface area contributed by atoms with Gasteiger partial charge in [0.15, 0.2) is 0 Å². The third-order valence-electron chi connectivity index (χ3n) is 6.03. The second kappa shape index (κ2) is 11.4. The third kappa shape index (κ3) is 5.69. The van der Waals surface area contributed by atoms with Crippen molar-refractivity contribution in [3.05, 3.63) is 41.5 Å². The summed E-state index contributed by atoms with van der Waals surface area (Å²) in [7, 11) is 0. The summed E-state index contributed by atoms with van der Waals surface area (Å²) in [4.78, 5) is 10.7. The number of carbonyl (C=O) groups excluding carboxylic acids is 1. The third-order valence-corrected chi connectivity index (χ3v) is 6.03. The van der Waals surface area contributed by atoms with Gasteiger partial charge < -0.3 is 24.9 Å². The number of fused-ring (bicyclic) bond motifs is 3. The van der Waals surface area contributed by atoms with Crippen LogP contribution in [0.5, 0.6) is 5.75 Å². The van der Waals surface area contributed by atoms with Crippen molar-refractivity contribution in [2.24, 2.45) is 11.8 Å². The molecule has 1 aliphatic heterocycles. The summed E-state index contributed by atoms with van der Waals surface area (Å²) in [6, 6.07) is 5.96. The van der Waals surface area contributed by atoms with Gasteiger partial charge in [0.1, 0.15) is 11.9 Å². The molecule has 1 heterocycles. The first kappa shape index (κ1) is 25.0. The molecule has 1 aromatic carbocycles. The first-order valence-electron chi connectivity index (χ1n) is 10.3. The van der Waals surface area contributed by atoms with E-state index < -0.39 is 18.2 Å². The van der Waals surface area contributed by atoms with E-state index in [0.29, 0.717) is 25.7 Å². The molecule has 1 fully saturated rings. The van der Waals surface area contributed by atoms with Gasteiger partial charge in [-0.25, -0.2) is 0 Å². The molecule has 30 heavy (non-hydrogen) atoms. The van der Waals surface area contributed by atoms with Crippen molar-refractivity contribution in [3.63, 3.8) is 0 Å². The molecule has 0 aromatic heterocycles. The van der Waals surface area contributed by atoms with Crippen molar-refractivity contribution < 1.29 is 54.4 Å². The number of benzene rings is 1. The van der Waals surface area contributed by atoms with E-state index in [1.54, 1.807) is 13.0 Å². The van der Waals surface area contributed by atoms with Crippen LogP contribution in [0.2, 0.25) is 0 Å². The van der Waals surface area contributed by atoms with Gasteiger partial charge in [0.25, 0.3) is 0 Å². The molecule has 3 rings (SSSR count). The Labute approximate surface area is 200 Å². The number of hydrogen-bond donors (Lipinski definition) is 2. The first-order valence-corrected chi connectivity index (χ1v) is 10.3. The molecule has 0 amide bonds. The van der Waals surface area contributed by atoms with Crippen LogP contribution in [0.3, 0.4) is 0 Å². The molecule has 1 saturated carbocycles. The fraction of sp³-hybridized carbons (Fsp3) is 0.542. The molecule has 6 heteroatoms. The van der Waals surface area contributed by atoms with E-state index in [-0.39, 0.29) is 59.8 Å². The maximum Gasteiger partial charge on any atom is 1.00 e. The number of carboxylic acids is 1. The first-order chi connectivity index (χ1) is 13.9. The van der Waals surface area contributed by atoms with Crippen LogP contribution < -0.4 is 39.4 Å². The Morgan fingerprint density at radius 2 is 2.20 bits per heavy atom. The molecule has 0 bridgehead atoms. The molecule has 5 nitrogen and oxygen atoms in total. The zero-order valence-electron chi connectivity index (χ0n) is 18.0. The average molecular weight is 420 g/mol. The van der Waals surface area contributed by atoms with Gasteiger partial charge in [-0.1, -0.05) is 37.3 Å². The van der Waals surface area contributed by atoms with E-state index in [1.807, 2.05) is 31.2 Å². The molecule has 0 spiro atoms. The van der Waals surface area contributed by atoms with Crippen LogP contribution in [-0.4, -0.2) is 34.5 Å². The van der Waals surface area contributed by atoms with Crippen molar-refractivity contribution >= 4 is 5.97 Å². The Morgan fingerprint density at radius 3 is 2.90 bits per heavy atom. The number of aryl methyl sites for hydroxylation is 1. The van der Waals surface area contributed by atoms with E-state index in [2.05, 4.69) is 11.8 Å². The average Bonchev–Trinajstić information content (AvgIpc) is 3.19. The molecular weight excluding hydrogens is 391 g/mol. The van der Waals surface area contributed by atoms with E-state index >= 15 is 0 Å². The maximum absolute atomic E-state index is 10.7. The summed E-state index contributed by atoms with van der Waals surface area (Å²) in [5.74, 6) is 5.56. The van der Waals surface area contributed by atoms with Gasteiger partial charge in [0.05, 0.1) is 12.2 Å². The van der Waals surface area contributed by atoms with Gasteiger partial charge >= 0.3 is 29.6 Å². The predicted molar refractivity (Wildman–Crippen MR) is 108 cm³/mol. The normalized spacial score (nSPS) is 26.0. The van der Waals surface area contributed by atoms with Gasteiger partial charge in [-0.2, -0.15) is 0 Å². The predicted octanol–water partition coefficient (Wildman–Crippen LogP) is -1.04. The van der Waals surface area contributed by atoms with Crippen molar-refractivity contribution in [3.8, 4) is 17.6 Å². The number of aliphatic carboxylic acids is 1. The van der Waals surface area contributed by atoms with Crippen LogP contribution in [0.1, 0.15) is 56.6 Å². The number of carboxylic acid groups (broad SMARTS) is 1. The number of aliphatic hydroxyl groups excluding tert-OH is 2. The summed E-state index contributed by atoms with van der Waals surface area (Å²) >= 11 is 0. The van der Waals surface area contributed by atoms with Crippen LogP contribution >= 0.6 is 0 Å². The summed E-state index contributed by atoms with van der Waals surface area (Å²) in [6.45, 7) is 3.74. The van der Waals surface area contributed by atoms with Crippen LogP contribution in [0.4, 0.5) is 0 Å². The van der Waals surface area contributed by atoms with Crippen molar-refractivity contribution in [1.29, 1.82) is 0 Å². The molecule has 0 radical (unpaired) electrons. The Bertz CT molecular complexity index is 825. The van der Waals surface area contributed by atoms with Crippen LogP contribution in [-0.2, 0) is 11.2 Å². The summed E-state index contributed by atoms with van der Waals surface area (Å²) in [6.07, 6.45) is 4.80. The van der Waals surface area contributed by atoms with Gasteiger partial charge in [0, 0.05) is 36.2 Å². The summed E-state index contributed by atoms with van der Waals surface area (Å²) in [5.41, 5.74) is 2.06. The quantitative estimate of drug-likeness (QED) is 0.319. The second-order valence-electron chi connectivity index (χ2n) is 8.11. The Kier molecular flexibility index (Phi) is 9.46. The van der Waals surface area contributed by atoms with Gasteiger partial charge in [0.2, 0.25) is 0 Å². The number of ether oxygens (including phenoxy) is 1. The fourth-order valence-corrected chi connectivity index (χ4v) is 4.40. The largest absolute Gasteiger partial charge is 1.00 e. The number of carbonyl (C=O) groups is 1. The van der Waals surface area contributed by atoms with E-state index in [4.69, 9.17) is 4.74 Å². The van der Waals surface area contributed by atoms with Gasteiger partial charge in [-0.3, -0.25) is 0 Å². The molecule has 1 unspecified atom stereocenters. The Hall–Kier alpha value is -1.29. The molecule has 2 N–H and O–H groups in total. The maximum atomic E-state index is 10.7. The molecule has 2 aliphatic rings. The van der Waals surface area contributed by atoms with E-state index in [9.17, 15) is 20.1 Å². The molecule has 1 aliphatic carbocycles. The van der Waals surface area contributed by atoms with Gasteiger partial charge in [-0.05, 0) is 37.7 Å². The second-order valence-corrected chi connectivity index (χ2v) is 8.11. The summed E-state index contributed by atoms with van der Waals surface area (Å²) in [5, 5.41) is 31.7. The zero-order valence-corrected chi connectivity index (χ0v) is 20.0. The van der Waals surface area contributed by atoms with Crippen LogP contribution in [0.15, 0.2) is 30.4 Å². The van der Waals surface area contributed by atoms with Crippen molar-refractivity contribution in [2.45, 2.75) is 70.2 Å². The number of hydrogen-bond acceptors (Lipinski definition) is 5. The zero-order chi connectivity index (χ0) is 21.0. The molecular formula is C24H29NaO5. The smallest absolute Gasteiger partial charge is 0.550 e. The number of para-hydroxylation sites is 1. The SMILES string of the molecule is CC#CCC(C)[C@H](O)C=C[C@@H]1[C@H]2c3cccc(CCCC(=O)[O-])c3O[C@H]2C[C@H]1O.[Na+]. The Morgan fingerprint density at radius 1 is 1.43 bits per heavy atom. The fourth-order valence-electron chi connectivity index (χ4n) is 4.40. The molecule has 1 aromatic rings. The minimum Gasteiger partial charge on any atom is -0.550 e. The minimum absolute atomic E-state index is 0. The van der Waals surface area contributed by atoms with Crippen LogP contribution in [0, 0.1) is 23.7 Å². The molecule has 156 valence electrons. The Balaban J connectivity index is 0.00000320. The minimum atomic E-state index is -1.04. The van der Waals surface area contributed by atoms with Gasteiger partial charge in [-0.15, -0.1) is 11.8 Å². The van der Waals surface area contributed by atoms with Crippen LogP contribution in [0.25, 0.3) is 0 Å². The van der Waals surface area contributed by atoms with E-state index in [0.717, 1.165) is 16.9 Å². The molecule has 0 saturated heterocycles. The molecule has 6 atom stereocenters.